The van der Waals surface area contributed by atoms with Gasteiger partial charge in [-0.2, -0.15) is 0 Å². The third-order valence-electron chi connectivity index (χ3n) is 1.06. The molecule has 0 saturated carbocycles. The SMILES string of the molecule is Cl.OCC(O)CNC(O)C(O)O. The largest absolute Gasteiger partial charge is 0.394 e. The van der Waals surface area contributed by atoms with Crippen LogP contribution in [0, 0.1) is 0 Å². The molecule has 0 rings (SSSR count). The van der Waals surface area contributed by atoms with E-state index in [-0.39, 0.29) is 19.0 Å². The Hall–Kier alpha value is 0.0500. The highest BCUT2D eigenvalue weighted by Crippen LogP contribution is 1.84. The maximum atomic E-state index is 8.70. The Morgan fingerprint density at radius 1 is 1.08 bits per heavy atom. The average molecular weight is 204 g/mol. The topological polar surface area (TPSA) is 113 Å². The van der Waals surface area contributed by atoms with Crippen molar-refractivity contribution in [3.05, 3.63) is 0 Å². The molecule has 0 aromatic rings. The zero-order valence-corrected chi connectivity index (χ0v) is 7.11. The van der Waals surface area contributed by atoms with E-state index in [1.165, 1.54) is 0 Å². The van der Waals surface area contributed by atoms with Crippen LogP contribution in [0.1, 0.15) is 0 Å². The normalized spacial score (nSPS) is 15.5. The van der Waals surface area contributed by atoms with Gasteiger partial charge in [0.25, 0.3) is 0 Å². The third kappa shape index (κ3) is 6.74. The van der Waals surface area contributed by atoms with Crippen LogP contribution in [0.15, 0.2) is 0 Å². The van der Waals surface area contributed by atoms with Gasteiger partial charge in [0.2, 0.25) is 0 Å². The standard InChI is InChI=1S/C5H13NO5.ClH/c7-2-3(8)1-6-4(9)5(10)11;/h3-11H,1-2H2;1H. The first kappa shape index (κ1) is 14.6. The molecule has 6 nitrogen and oxygen atoms in total. The predicted molar refractivity (Wildman–Crippen MR) is 42.6 cm³/mol. The van der Waals surface area contributed by atoms with E-state index >= 15 is 0 Å². The van der Waals surface area contributed by atoms with E-state index in [1.54, 1.807) is 0 Å². The van der Waals surface area contributed by atoms with Gasteiger partial charge in [-0.1, -0.05) is 0 Å². The van der Waals surface area contributed by atoms with Gasteiger partial charge in [0.15, 0.2) is 12.5 Å². The third-order valence-corrected chi connectivity index (χ3v) is 1.06. The molecule has 0 amide bonds. The number of rotatable bonds is 5. The Kier molecular flexibility index (Phi) is 9.33. The van der Waals surface area contributed by atoms with E-state index in [0.717, 1.165) is 0 Å². The summed E-state index contributed by atoms with van der Waals surface area (Å²) in [4.78, 5) is 0. The Morgan fingerprint density at radius 3 is 1.92 bits per heavy atom. The minimum absolute atomic E-state index is 0. The first-order valence-corrected chi connectivity index (χ1v) is 3.14. The lowest BCUT2D eigenvalue weighted by Crippen LogP contribution is -2.43. The summed E-state index contributed by atoms with van der Waals surface area (Å²) in [7, 11) is 0. The molecular weight excluding hydrogens is 190 g/mol. The second-order valence-electron chi connectivity index (χ2n) is 2.10. The second-order valence-corrected chi connectivity index (χ2v) is 2.10. The van der Waals surface area contributed by atoms with E-state index in [2.05, 4.69) is 5.32 Å². The summed E-state index contributed by atoms with van der Waals surface area (Å²) in [6, 6.07) is 0. The van der Waals surface area contributed by atoms with Crippen molar-refractivity contribution >= 4 is 12.4 Å². The first-order chi connectivity index (χ1) is 5.07. The van der Waals surface area contributed by atoms with Crippen molar-refractivity contribution in [3.8, 4) is 0 Å². The molecule has 0 aliphatic rings. The number of hydrogen-bond acceptors (Lipinski definition) is 6. The molecule has 2 atom stereocenters. The van der Waals surface area contributed by atoms with E-state index in [1.807, 2.05) is 0 Å². The fraction of sp³-hybridized carbons (Fsp3) is 1.00. The monoisotopic (exact) mass is 203 g/mol. The van der Waals surface area contributed by atoms with E-state index in [0.29, 0.717) is 0 Å². The van der Waals surface area contributed by atoms with Crippen LogP contribution >= 0.6 is 12.4 Å². The summed E-state index contributed by atoms with van der Waals surface area (Å²) in [5, 5.41) is 44.4. The molecule has 0 aromatic heterocycles. The molecule has 2 unspecified atom stereocenters. The highest BCUT2D eigenvalue weighted by atomic mass is 35.5. The van der Waals surface area contributed by atoms with Crippen LogP contribution in [0.4, 0.5) is 0 Å². The lowest BCUT2D eigenvalue weighted by atomic mass is 10.3. The van der Waals surface area contributed by atoms with Crippen LogP contribution in [0.2, 0.25) is 0 Å². The summed E-state index contributed by atoms with van der Waals surface area (Å²) in [5.41, 5.74) is 0. The fourth-order valence-electron chi connectivity index (χ4n) is 0.427. The van der Waals surface area contributed by atoms with Crippen molar-refractivity contribution in [1.82, 2.24) is 5.32 Å². The van der Waals surface area contributed by atoms with Gasteiger partial charge < -0.3 is 25.5 Å². The minimum atomic E-state index is -1.89. The smallest absolute Gasteiger partial charge is 0.192 e. The zero-order chi connectivity index (χ0) is 8.85. The molecule has 7 heteroatoms. The lowest BCUT2D eigenvalue weighted by molar-refractivity contribution is -0.135. The predicted octanol–water partition coefficient (Wildman–Crippen LogP) is -3.02. The molecule has 0 aliphatic carbocycles. The Bertz CT molecular complexity index is 104. The molecule has 6 N–H and O–H groups in total. The summed E-state index contributed by atoms with van der Waals surface area (Å²) in [5.74, 6) is 0. The molecule has 0 bridgehead atoms. The van der Waals surface area contributed by atoms with E-state index in [9.17, 15) is 0 Å². The van der Waals surface area contributed by atoms with Crippen LogP contribution in [0.5, 0.6) is 0 Å². The second kappa shape index (κ2) is 7.69. The van der Waals surface area contributed by atoms with Crippen LogP contribution in [0.25, 0.3) is 0 Å². The zero-order valence-electron chi connectivity index (χ0n) is 6.29. The van der Waals surface area contributed by atoms with Crippen LogP contribution < -0.4 is 5.32 Å². The average Bonchev–Trinajstić information content (AvgIpc) is 1.99. The quantitative estimate of drug-likeness (QED) is 0.265. The van der Waals surface area contributed by atoms with Crippen molar-refractivity contribution in [2.75, 3.05) is 13.2 Å². The molecule has 76 valence electrons. The van der Waals surface area contributed by atoms with Gasteiger partial charge in [0.05, 0.1) is 12.7 Å². The molecule has 12 heavy (non-hydrogen) atoms. The summed E-state index contributed by atoms with van der Waals surface area (Å²) < 4.78 is 0. The van der Waals surface area contributed by atoms with E-state index < -0.39 is 25.2 Å². The van der Waals surface area contributed by atoms with Crippen LogP contribution in [0.3, 0.4) is 0 Å². The van der Waals surface area contributed by atoms with Crippen molar-refractivity contribution in [1.29, 1.82) is 0 Å². The number of aliphatic hydroxyl groups is 5. The van der Waals surface area contributed by atoms with Gasteiger partial charge in [0.1, 0.15) is 0 Å². The van der Waals surface area contributed by atoms with Gasteiger partial charge in [-0.15, -0.1) is 12.4 Å². The maximum Gasteiger partial charge on any atom is 0.192 e. The molecule has 0 spiro atoms. The Labute approximate surface area is 75.9 Å². The lowest BCUT2D eigenvalue weighted by Gasteiger charge is -2.15. The highest BCUT2D eigenvalue weighted by Gasteiger charge is 2.12. The van der Waals surface area contributed by atoms with Gasteiger partial charge in [-0.05, 0) is 0 Å². The fourth-order valence-corrected chi connectivity index (χ4v) is 0.427. The van der Waals surface area contributed by atoms with Crippen molar-refractivity contribution in [3.63, 3.8) is 0 Å². The van der Waals surface area contributed by atoms with Crippen LogP contribution in [-0.2, 0) is 0 Å². The molecule has 0 heterocycles. The van der Waals surface area contributed by atoms with E-state index in [4.69, 9.17) is 25.5 Å². The number of hydrogen-bond donors (Lipinski definition) is 6. The molecule has 0 radical (unpaired) electrons. The van der Waals surface area contributed by atoms with Crippen LogP contribution in [-0.4, -0.2) is 57.3 Å². The number of halogens is 1. The number of nitrogens with one attached hydrogen (secondary N) is 1. The molecule has 0 aromatic carbocycles. The van der Waals surface area contributed by atoms with Gasteiger partial charge in [-0.25, -0.2) is 0 Å². The maximum absolute atomic E-state index is 8.70. The van der Waals surface area contributed by atoms with Gasteiger partial charge in [-0.3, -0.25) is 5.32 Å². The molecule has 0 aliphatic heterocycles. The Morgan fingerprint density at radius 2 is 1.58 bits per heavy atom. The van der Waals surface area contributed by atoms with Crippen molar-refractivity contribution in [2.45, 2.75) is 18.6 Å². The highest BCUT2D eigenvalue weighted by molar-refractivity contribution is 5.85. The minimum Gasteiger partial charge on any atom is -0.394 e. The Balaban J connectivity index is 0. The number of aliphatic hydroxyl groups excluding tert-OH is 4. The van der Waals surface area contributed by atoms with Crippen molar-refractivity contribution in [2.24, 2.45) is 0 Å². The van der Waals surface area contributed by atoms with Crippen molar-refractivity contribution < 1.29 is 25.5 Å². The molecule has 0 fully saturated rings. The first-order valence-electron chi connectivity index (χ1n) is 3.14. The molecular formula is C5H14ClNO5. The van der Waals surface area contributed by atoms with Gasteiger partial charge in [0, 0.05) is 6.54 Å². The molecule has 0 saturated heterocycles. The summed E-state index contributed by atoms with van der Waals surface area (Å²) in [6.45, 7) is -0.545. The van der Waals surface area contributed by atoms with Gasteiger partial charge >= 0.3 is 0 Å². The summed E-state index contributed by atoms with van der Waals surface area (Å²) in [6.07, 6.45) is -4.40. The summed E-state index contributed by atoms with van der Waals surface area (Å²) >= 11 is 0.